The number of hydrogen-bond acceptors (Lipinski definition) is 16. The normalized spacial score (nSPS) is 15.7. The Kier molecular flexibility index (Phi) is 27.5. The van der Waals surface area contributed by atoms with Crippen LogP contribution < -0.4 is 59.7 Å². The van der Waals surface area contributed by atoms with Crippen LogP contribution in [-0.4, -0.2) is 159 Å². The number of aliphatic hydroxyl groups excluding tert-OH is 1. The molecule has 4 rings (SSSR count). The number of aliphatic hydroxyl groups is 1. The van der Waals surface area contributed by atoms with E-state index in [9.17, 15) is 73.1 Å². The van der Waals surface area contributed by atoms with Crippen molar-refractivity contribution >= 4 is 76.4 Å². The zero-order valence-corrected chi connectivity index (χ0v) is 48.9. The van der Waals surface area contributed by atoms with Gasteiger partial charge in [-0.3, -0.25) is 58.1 Å². The van der Waals surface area contributed by atoms with Gasteiger partial charge in [-0.05, 0) is 93.5 Å². The van der Waals surface area contributed by atoms with Crippen LogP contribution in [0.3, 0.4) is 0 Å². The van der Waals surface area contributed by atoms with Gasteiger partial charge in [-0.1, -0.05) is 82.3 Å². The third kappa shape index (κ3) is 21.9. The highest BCUT2D eigenvalue weighted by molar-refractivity contribution is 6.02. The third-order valence-corrected chi connectivity index (χ3v) is 14.1. The molecule has 0 saturated carbocycles. The highest BCUT2D eigenvalue weighted by atomic mass is 16.6. The van der Waals surface area contributed by atoms with Crippen molar-refractivity contribution in [3.8, 4) is 0 Å². The van der Waals surface area contributed by atoms with Gasteiger partial charge in [0.25, 0.3) is 11.6 Å². The van der Waals surface area contributed by atoms with E-state index in [1.54, 1.807) is 70.2 Å². The fourth-order valence-corrected chi connectivity index (χ4v) is 9.44. The van der Waals surface area contributed by atoms with E-state index in [4.69, 9.17) is 17.2 Å². The Labute approximate surface area is 497 Å². The molecule has 0 aliphatic carbocycles. The number of carboxylic acids is 1. The van der Waals surface area contributed by atoms with E-state index in [1.807, 2.05) is 0 Å². The summed E-state index contributed by atoms with van der Waals surface area (Å²) in [6.45, 7) is 7.66. The molecule has 0 bridgehead atoms. The van der Waals surface area contributed by atoms with E-state index in [-0.39, 0.29) is 74.5 Å². The maximum absolute atomic E-state index is 14.3. The number of para-hydroxylation sites is 1. The number of nitrogens with zero attached hydrogens (tertiary/aromatic N) is 2. The first-order valence-electron chi connectivity index (χ1n) is 28.4. The van der Waals surface area contributed by atoms with Crippen LogP contribution in [0.5, 0.6) is 0 Å². The molecule has 1 aliphatic rings. The molecule has 16 N–H and O–H groups in total. The number of primary amides is 1. The first kappa shape index (κ1) is 69.4. The number of carboxylic acid groups (broad SMARTS) is 1. The first-order valence-corrected chi connectivity index (χ1v) is 28.4. The van der Waals surface area contributed by atoms with Gasteiger partial charge < -0.3 is 74.8 Å². The highest BCUT2D eigenvalue weighted by Crippen LogP contribution is 2.20. The second kappa shape index (κ2) is 34.0. The number of carbonyl (C=O) groups excluding carboxylic acids is 10. The second-order valence-corrected chi connectivity index (χ2v) is 21.9. The number of carbonyl (C=O) groups is 11. The molecule has 0 radical (unpaired) electrons. The van der Waals surface area contributed by atoms with Crippen LogP contribution >= 0.6 is 0 Å². The van der Waals surface area contributed by atoms with E-state index in [0.29, 0.717) is 30.4 Å². The molecule has 0 aromatic heterocycles. The molecular weight excluding hydrogens is 1120 g/mol. The summed E-state index contributed by atoms with van der Waals surface area (Å²) >= 11 is 0. The molecule has 1 heterocycles. The Morgan fingerprint density at radius 2 is 1.20 bits per heavy atom. The smallest absolute Gasteiger partial charge is 0.326 e. The Balaban J connectivity index is 1.49. The van der Waals surface area contributed by atoms with Crippen LogP contribution in [0.1, 0.15) is 107 Å². The molecular formula is C58H81N13O15. The lowest BCUT2D eigenvalue weighted by Gasteiger charge is -2.29. The van der Waals surface area contributed by atoms with E-state index < -0.39 is 143 Å². The average Bonchev–Trinajstić information content (AvgIpc) is 3.74. The Bertz CT molecular complexity index is 2870. The van der Waals surface area contributed by atoms with Crippen molar-refractivity contribution in [2.24, 2.45) is 23.3 Å². The van der Waals surface area contributed by atoms with E-state index in [0.717, 1.165) is 0 Å². The van der Waals surface area contributed by atoms with Crippen molar-refractivity contribution in [3.63, 3.8) is 0 Å². The summed E-state index contributed by atoms with van der Waals surface area (Å²) in [6.07, 6.45) is -1.23. The number of likely N-dealkylation sites (tertiary alicyclic amines) is 1. The summed E-state index contributed by atoms with van der Waals surface area (Å²) in [5.41, 5.74) is 17.8. The van der Waals surface area contributed by atoms with Crippen molar-refractivity contribution in [3.05, 3.63) is 106 Å². The van der Waals surface area contributed by atoms with Gasteiger partial charge in [0, 0.05) is 43.6 Å². The van der Waals surface area contributed by atoms with E-state index >= 15 is 0 Å². The lowest BCUT2D eigenvalue weighted by atomic mass is 9.99. The standard InChI is InChI=1S/C58H81N13O15/c1-32(2)28-42(66-57(82)49(34(5)72)69-50(75)38-16-9-10-17-39(38)60)52(77)65-43(29-35-14-7-6-8-15-35)53(78)63-40(24-25-46(61)73)51(76)62-31-47(74)70-27-13-19-45(70)55(80)68-48(33(3)4)56(81)67-44(30-36-20-22-37(23-21-36)71(85)86)54(79)64-41(58(83)84)18-11-12-26-59/h6-10,14-17,20-23,32-34,40-45,48-49,72H,11-13,18-19,24-31,59-60H2,1-5H3,(H2,61,73)(H,62,76)(H,63,78)(H,64,79)(H,65,77)(H,66,82)(H,67,81)(H,68,80)(H,69,75)(H,83,84)/t34-,40+,41+,42+,43+,44+,45+,48+,49+/m1/s1. The number of hydrogen-bond donors (Lipinski definition) is 13. The fourth-order valence-electron chi connectivity index (χ4n) is 9.44. The van der Waals surface area contributed by atoms with Gasteiger partial charge in [-0.2, -0.15) is 0 Å². The fraction of sp³-hybridized carbons (Fsp3) is 0.500. The second-order valence-electron chi connectivity index (χ2n) is 21.9. The number of nitrogens with two attached hydrogens (primary N) is 3. The number of non-ortho nitro benzene ring substituents is 1. The molecule has 1 aliphatic heterocycles. The van der Waals surface area contributed by atoms with Gasteiger partial charge in [0.1, 0.15) is 48.3 Å². The topological polar surface area (TPSA) is 449 Å². The molecule has 28 nitrogen and oxygen atoms in total. The van der Waals surface area contributed by atoms with Gasteiger partial charge in [0.05, 0.1) is 23.1 Å². The average molecular weight is 1200 g/mol. The minimum Gasteiger partial charge on any atom is -0.480 e. The predicted molar refractivity (Wildman–Crippen MR) is 313 cm³/mol. The first-order chi connectivity index (χ1) is 40.7. The van der Waals surface area contributed by atoms with Crippen molar-refractivity contribution in [2.75, 3.05) is 25.4 Å². The quantitative estimate of drug-likeness (QED) is 0.0153. The summed E-state index contributed by atoms with van der Waals surface area (Å²) in [5.74, 6) is -10.6. The molecule has 0 unspecified atom stereocenters. The zero-order valence-electron chi connectivity index (χ0n) is 48.9. The number of nitrogen functional groups attached to an aromatic ring is 1. The number of rotatable bonds is 34. The summed E-state index contributed by atoms with van der Waals surface area (Å²) < 4.78 is 0. The number of unbranched alkanes of at least 4 members (excludes halogenated alkanes) is 1. The van der Waals surface area contributed by atoms with E-state index in [1.165, 1.54) is 48.2 Å². The lowest BCUT2D eigenvalue weighted by Crippen LogP contribution is -2.60. The van der Waals surface area contributed by atoms with Crippen LogP contribution in [-0.2, 0) is 60.8 Å². The van der Waals surface area contributed by atoms with Gasteiger partial charge in [-0.25, -0.2) is 4.79 Å². The van der Waals surface area contributed by atoms with E-state index in [2.05, 4.69) is 42.5 Å². The minimum absolute atomic E-state index is 0.0250. The number of amides is 10. The maximum Gasteiger partial charge on any atom is 0.326 e. The molecule has 1 fully saturated rings. The van der Waals surface area contributed by atoms with Crippen molar-refractivity contribution in [2.45, 2.75) is 153 Å². The van der Waals surface area contributed by atoms with Crippen LogP contribution in [0.4, 0.5) is 11.4 Å². The molecule has 86 heavy (non-hydrogen) atoms. The molecule has 9 atom stereocenters. The number of benzene rings is 3. The lowest BCUT2D eigenvalue weighted by molar-refractivity contribution is -0.384. The molecule has 3 aromatic carbocycles. The maximum atomic E-state index is 14.3. The summed E-state index contributed by atoms with van der Waals surface area (Å²) in [5, 5.41) is 52.3. The van der Waals surface area contributed by atoms with Crippen molar-refractivity contribution in [1.82, 2.24) is 47.4 Å². The summed E-state index contributed by atoms with van der Waals surface area (Å²) in [7, 11) is 0. The largest absolute Gasteiger partial charge is 0.480 e. The van der Waals surface area contributed by atoms with Gasteiger partial charge in [0.15, 0.2) is 0 Å². The predicted octanol–water partition coefficient (Wildman–Crippen LogP) is -0.661. The van der Waals surface area contributed by atoms with Gasteiger partial charge in [-0.15, -0.1) is 0 Å². The zero-order chi connectivity index (χ0) is 63.8. The molecule has 3 aromatic rings. The van der Waals surface area contributed by atoms with Crippen LogP contribution in [0.15, 0.2) is 78.9 Å². The molecule has 28 heteroatoms. The highest BCUT2D eigenvalue weighted by Gasteiger charge is 2.39. The van der Waals surface area contributed by atoms with Crippen LogP contribution in [0, 0.1) is 22.0 Å². The van der Waals surface area contributed by atoms with Crippen molar-refractivity contribution in [1.29, 1.82) is 0 Å². The van der Waals surface area contributed by atoms with Crippen LogP contribution in [0.25, 0.3) is 0 Å². The molecule has 10 amide bonds. The number of nitrogens with one attached hydrogen (secondary N) is 8. The van der Waals surface area contributed by atoms with Crippen LogP contribution in [0.2, 0.25) is 0 Å². The Hall–Kier alpha value is -9.05. The summed E-state index contributed by atoms with van der Waals surface area (Å²) in [6, 6.07) is 8.59. The van der Waals surface area contributed by atoms with Gasteiger partial charge >= 0.3 is 5.97 Å². The number of nitro benzene ring substituents is 1. The number of anilines is 1. The Morgan fingerprint density at radius 1 is 0.651 bits per heavy atom. The number of nitro groups is 1. The Morgan fingerprint density at radius 3 is 1.76 bits per heavy atom. The third-order valence-electron chi connectivity index (χ3n) is 14.1. The monoisotopic (exact) mass is 1200 g/mol. The SMILES string of the molecule is CC(C)C[C@H](NC(=O)[C@@H](NC(=O)c1ccccc1N)[C@@H](C)O)C(=O)N[C@@H](Cc1ccccc1)C(=O)N[C@@H](CCC(N)=O)C(=O)NCC(=O)N1CCC[C@H]1C(=O)N[C@H](C(=O)N[C@@H](Cc1ccc([N+](=O)[O-])cc1)C(=O)N[C@@H](CCCCN)C(=O)O)C(C)C. The summed E-state index contributed by atoms with van der Waals surface area (Å²) in [4.78, 5) is 161. The number of aliphatic carboxylic acids is 1. The molecule has 0 spiro atoms. The van der Waals surface area contributed by atoms with Gasteiger partial charge in [0.2, 0.25) is 53.2 Å². The molecule has 468 valence electrons. The molecule has 1 saturated heterocycles. The van der Waals surface area contributed by atoms with Crippen molar-refractivity contribution < 1.29 is 67.9 Å². The minimum atomic E-state index is -1.55.